The van der Waals surface area contributed by atoms with Gasteiger partial charge in [-0.05, 0) is 24.1 Å². The van der Waals surface area contributed by atoms with Crippen molar-refractivity contribution in [3.05, 3.63) is 35.1 Å². The van der Waals surface area contributed by atoms with Crippen molar-refractivity contribution >= 4 is 15.9 Å². The zero-order chi connectivity index (χ0) is 16.0. The van der Waals surface area contributed by atoms with Crippen molar-refractivity contribution in [3.63, 3.8) is 0 Å². The molecule has 1 aromatic rings. The van der Waals surface area contributed by atoms with Crippen LogP contribution in [0.25, 0.3) is 0 Å². The lowest BCUT2D eigenvalue weighted by Gasteiger charge is -2.17. The molecule has 118 valence electrons. The van der Waals surface area contributed by atoms with Crippen LogP contribution >= 0.6 is 0 Å². The molecular weight excluding hydrogens is 295 g/mol. The van der Waals surface area contributed by atoms with Crippen LogP contribution < -0.4 is 5.32 Å². The summed E-state index contributed by atoms with van der Waals surface area (Å²) in [7, 11) is -1.57. The standard InChI is InChI=1S/C14H21FN2O3S/c1-4-21(19,20)8-7-17(3)14(18)16-10-12-6-5-11(2)13(15)9-12/h5-6,9H,4,7-8,10H2,1-3H3,(H,16,18). The van der Waals surface area contributed by atoms with E-state index >= 15 is 0 Å². The van der Waals surface area contributed by atoms with Gasteiger partial charge >= 0.3 is 6.03 Å². The molecule has 7 heteroatoms. The van der Waals surface area contributed by atoms with Gasteiger partial charge < -0.3 is 10.2 Å². The zero-order valence-corrected chi connectivity index (χ0v) is 13.3. The molecule has 1 N–H and O–H groups in total. The predicted octanol–water partition coefficient (Wildman–Crippen LogP) is 1.71. The molecule has 0 aliphatic carbocycles. The zero-order valence-electron chi connectivity index (χ0n) is 12.5. The lowest BCUT2D eigenvalue weighted by molar-refractivity contribution is 0.211. The summed E-state index contributed by atoms with van der Waals surface area (Å²) in [5.74, 6) is -0.318. The van der Waals surface area contributed by atoms with Crippen molar-refractivity contribution in [2.75, 3.05) is 25.1 Å². The third-order valence-corrected chi connectivity index (χ3v) is 4.89. The van der Waals surface area contributed by atoms with Crippen LogP contribution in [0.5, 0.6) is 0 Å². The fourth-order valence-corrected chi connectivity index (χ4v) is 2.42. The fraction of sp³-hybridized carbons (Fsp3) is 0.500. The number of aryl methyl sites for hydroxylation is 1. The summed E-state index contributed by atoms with van der Waals surface area (Å²) < 4.78 is 36.1. The summed E-state index contributed by atoms with van der Waals surface area (Å²) >= 11 is 0. The minimum atomic E-state index is -3.10. The van der Waals surface area contributed by atoms with Crippen LogP contribution in [0.15, 0.2) is 18.2 Å². The Morgan fingerprint density at radius 2 is 2.05 bits per heavy atom. The Balaban J connectivity index is 2.47. The van der Waals surface area contributed by atoms with E-state index in [4.69, 9.17) is 0 Å². The number of amides is 2. The SMILES string of the molecule is CCS(=O)(=O)CCN(C)C(=O)NCc1ccc(C)c(F)c1. The fourth-order valence-electron chi connectivity index (χ4n) is 1.58. The molecule has 21 heavy (non-hydrogen) atoms. The molecule has 0 fully saturated rings. The van der Waals surface area contributed by atoms with E-state index in [0.717, 1.165) is 0 Å². The van der Waals surface area contributed by atoms with Crippen LogP contribution in [0.1, 0.15) is 18.1 Å². The summed E-state index contributed by atoms with van der Waals surface area (Å²) in [5.41, 5.74) is 1.20. The van der Waals surface area contributed by atoms with Crippen molar-refractivity contribution < 1.29 is 17.6 Å². The first-order valence-electron chi connectivity index (χ1n) is 6.69. The van der Waals surface area contributed by atoms with Crippen molar-refractivity contribution in [1.82, 2.24) is 10.2 Å². The number of carbonyl (C=O) groups is 1. The molecule has 0 aromatic heterocycles. The smallest absolute Gasteiger partial charge is 0.317 e. The van der Waals surface area contributed by atoms with E-state index in [2.05, 4.69) is 5.32 Å². The molecule has 1 aromatic carbocycles. The maximum atomic E-state index is 13.4. The molecule has 0 spiro atoms. The van der Waals surface area contributed by atoms with Gasteiger partial charge in [0.25, 0.3) is 0 Å². The van der Waals surface area contributed by atoms with Gasteiger partial charge in [-0.25, -0.2) is 17.6 Å². The second-order valence-electron chi connectivity index (χ2n) is 4.90. The number of hydrogen-bond acceptors (Lipinski definition) is 3. The van der Waals surface area contributed by atoms with Crippen LogP contribution in [0.4, 0.5) is 9.18 Å². The Labute approximate surface area is 125 Å². The summed E-state index contributed by atoms with van der Waals surface area (Å²) in [4.78, 5) is 13.1. The first-order chi connectivity index (χ1) is 9.75. The van der Waals surface area contributed by atoms with Gasteiger partial charge in [-0.15, -0.1) is 0 Å². The average molecular weight is 316 g/mol. The highest BCUT2D eigenvalue weighted by atomic mass is 32.2. The van der Waals surface area contributed by atoms with E-state index in [9.17, 15) is 17.6 Å². The molecule has 0 bridgehead atoms. The Morgan fingerprint density at radius 3 is 2.62 bits per heavy atom. The topological polar surface area (TPSA) is 66.5 Å². The van der Waals surface area contributed by atoms with Gasteiger partial charge in [-0.3, -0.25) is 0 Å². The lowest BCUT2D eigenvalue weighted by atomic mass is 10.1. The normalized spacial score (nSPS) is 11.2. The highest BCUT2D eigenvalue weighted by molar-refractivity contribution is 7.91. The second kappa shape index (κ2) is 7.40. The van der Waals surface area contributed by atoms with Gasteiger partial charge in [0.1, 0.15) is 5.82 Å². The average Bonchev–Trinajstić information content (AvgIpc) is 2.45. The maximum Gasteiger partial charge on any atom is 0.317 e. The number of sulfone groups is 1. The molecule has 0 aliphatic rings. The van der Waals surface area contributed by atoms with Crippen LogP contribution in [-0.4, -0.2) is 44.4 Å². The van der Waals surface area contributed by atoms with E-state index in [-0.39, 0.29) is 36.4 Å². The van der Waals surface area contributed by atoms with E-state index in [1.807, 2.05) is 0 Å². The number of urea groups is 1. The third kappa shape index (κ3) is 5.71. The first kappa shape index (κ1) is 17.4. The van der Waals surface area contributed by atoms with Crippen molar-refractivity contribution in [1.29, 1.82) is 0 Å². The lowest BCUT2D eigenvalue weighted by Crippen LogP contribution is -2.39. The molecule has 5 nitrogen and oxygen atoms in total. The number of hydrogen-bond donors (Lipinski definition) is 1. The summed E-state index contributed by atoms with van der Waals surface area (Å²) in [6.07, 6.45) is 0. The number of halogens is 1. The second-order valence-corrected chi connectivity index (χ2v) is 7.37. The highest BCUT2D eigenvalue weighted by Crippen LogP contribution is 2.08. The summed E-state index contributed by atoms with van der Waals surface area (Å²) in [6, 6.07) is 4.37. The molecule has 2 amide bonds. The number of nitrogens with one attached hydrogen (secondary N) is 1. The highest BCUT2D eigenvalue weighted by Gasteiger charge is 2.13. The molecule has 0 saturated heterocycles. The Hall–Kier alpha value is -1.63. The van der Waals surface area contributed by atoms with Crippen molar-refractivity contribution in [3.8, 4) is 0 Å². The maximum absolute atomic E-state index is 13.4. The number of benzene rings is 1. The largest absolute Gasteiger partial charge is 0.334 e. The van der Waals surface area contributed by atoms with Gasteiger partial charge in [0.2, 0.25) is 0 Å². The van der Waals surface area contributed by atoms with Gasteiger partial charge in [0.15, 0.2) is 9.84 Å². The molecule has 0 atom stereocenters. The first-order valence-corrected chi connectivity index (χ1v) is 8.51. The third-order valence-electron chi connectivity index (χ3n) is 3.20. The Bertz CT molecular complexity index is 602. The van der Waals surface area contributed by atoms with E-state index in [1.165, 1.54) is 18.0 Å². The molecule has 1 rings (SSSR count). The number of nitrogens with zero attached hydrogens (tertiary/aromatic N) is 1. The van der Waals surface area contributed by atoms with Crippen molar-refractivity contribution in [2.24, 2.45) is 0 Å². The van der Waals surface area contributed by atoms with Crippen molar-refractivity contribution in [2.45, 2.75) is 20.4 Å². The monoisotopic (exact) mass is 316 g/mol. The Morgan fingerprint density at radius 1 is 1.38 bits per heavy atom. The van der Waals surface area contributed by atoms with Crippen LogP contribution in [0.2, 0.25) is 0 Å². The minimum absolute atomic E-state index is 0.0606. The summed E-state index contributed by atoms with van der Waals surface area (Å²) in [6.45, 7) is 3.56. The molecule has 0 unspecified atom stereocenters. The van der Waals surface area contributed by atoms with Gasteiger partial charge in [0, 0.05) is 25.9 Å². The van der Waals surface area contributed by atoms with Crippen LogP contribution in [0.3, 0.4) is 0 Å². The van der Waals surface area contributed by atoms with E-state index < -0.39 is 9.84 Å². The van der Waals surface area contributed by atoms with Crippen LogP contribution in [0, 0.1) is 12.7 Å². The minimum Gasteiger partial charge on any atom is -0.334 e. The Kier molecular flexibility index (Phi) is 6.14. The molecule has 0 aliphatic heterocycles. The van der Waals surface area contributed by atoms with E-state index in [1.54, 1.807) is 26.0 Å². The van der Waals surface area contributed by atoms with Gasteiger partial charge in [-0.2, -0.15) is 0 Å². The van der Waals surface area contributed by atoms with Gasteiger partial charge in [0.05, 0.1) is 5.75 Å². The molecular formula is C14H21FN2O3S. The van der Waals surface area contributed by atoms with Crippen LogP contribution in [-0.2, 0) is 16.4 Å². The molecule has 0 radical (unpaired) electrons. The number of rotatable bonds is 6. The van der Waals surface area contributed by atoms with Gasteiger partial charge in [-0.1, -0.05) is 19.1 Å². The summed E-state index contributed by atoms with van der Waals surface area (Å²) in [5, 5.41) is 2.63. The predicted molar refractivity (Wildman–Crippen MR) is 80.3 cm³/mol. The molecule has 0 heterocycles. The quantitative estimate of drug-likeness (QED) is 0.869. The molecule has 0 saturated carbocycles. The number of carbonyl (C=O) groups excluding carboxylic acids is 1. The van der Waals surface area contributed by atoms with E-state index in [0.29, 0.717) is 11.1 Å².